The van der Waals surface area contributed by atoms with Crippen molar-refractivity contribution in [2.75, 3.05) is 0 Å². The quantitative estimate of drug-likeness (QED) is 0.235. The average Bonchev–Trinajstić information content (AvgIpc) is 3.29. The van der Waals surface area contributed by atoms with Gasteiger partial charge in [-0.05, 0) is 25.0 Å². The molecule has 1 unspecified atom stereocenters. The van der Waals surface area contributed by atoms with Crippen molar-refractivity contribution in [2.24, 2.45) is 11.8 Å². The number of hydrogen-bond donors (Lipinski definition) is 0. The largest absolute Gasteiger partial charge is 0.310 e. The van der Waals surface area contributed by atoms with Crippen LogP contribution in [0.2, 0.25) is 0 Å². The molecule has 1 atom stereocenters. The Balaban J connectivity index is 2.55. The number of nitro benzene ring substituents is 1. The lowest BCUT2D eigenvalue weighted by atomic mass is 9.92. The van der Waals surface area contributed by atoms with Gasteiger partial charge in [0.15, 0.2) is 17.5 Å². The predicted octanol–water partition coefficient (Wildman–Crippen LogP) is 4.55. The van der Waals surface area contributed by atoms with Crippen LogP contribution in [0, 0.1) is 33.3 Å². The number of benzene rings is 1. The molecule has 12 heteroatoms. The number of carbonyl (C=O) groups is 2. The number of hydrogen-bond acceptors (Lipinski definition) is 5. The van der Waals surface area contributed by atoms with E-state index < -0.39 is 60.8 Å². The molecular weight excluding hydrogens is 375 g/mol. The summed E-state index contributed by atoms with van der Waals surface area (Å²) in [5, 5.41) is 19.9. The highest BCUT2D eigenvalue weighted by Crippen LogP contribution is 3.02. The van der Waals surface area contributed by atoms with Gasteiger partial charge in [0, 0.05) is 12.0 Å². The summed E-state index contributed by atoms with van der Waals surface area (Å²) in [6.07, 6.45) is 0.852. The summed E-state index contributed by atoms with van der Waals surface area (Å²) in [4.78, 5) is 31.0. The van der Waals surface area contributed by atoms with Crippen LogP contribution in [0.1, 0.15) is 23.2 Å². The number of nitro groups is 1. The molecule has 0 aromatic heterocycles. The van der Waals surface area contributed by atoms with Gasteiger partial charge in [0.05, 0.1) is 16.6 Å². The smallest absolute Gasteiger partial charge is 0.297 e. The normalized spacial score (nSPS) is 18.4. The van der Waals surface area contributed by atoms with E-state index in [2.05, 4.69) is 0 Å². The molecule has 0 bridgehead atoms. The third-order valence-corrected chi connectivity index (χ3v) is 4.68. The molecule has 6 nitrogen and oxygen atoms in total. The molecule has 1 aliphatic rings. The van der Waals surface area contributed by atoms with Gasteiger partial charge in [-0.15, -0.1) is 0 Å². The Labute approximate surface area is 137 Å². The van der Waals surface area contributed by atoms with Crippen LogP contribution in [0.15, 0.2) is 23.1 Å². The Morgan fingerprint density at radius 2 is 1.80 bits per heavy atom. The van der Waals surface area contributed by atoms with Crippen molar-refractivity contribution in [3.63, 3.8) is 0 Å². The maximum Gasteiger partial charge on any atom is 0.310 e. The van der Waals surface area contributed by atoms with Gasteiger partial charge >= 0.3 is 10.2 Å². The third kappa shape index (κ3) is 3.93. The minimum atomic E-state index is -10.2. The van der Waals surface area contributed by atoms with Gasteiger partial charge in [-0.1, -0.05) is 19.4 Å². The molecule has 1 aliphatic carbocycles. The van der Waals surface area contributed by atoms with E-state index in [0.29, 0.717) is 12.8 Å². The summed E-state index contributed by atoms with van der Waals surface area (Å²) < 4.78 is 63.9. The Kier molecular flexibility index (Phi) is 3.74. The topological polar surface area (TPSA) is 101 Å². The van der Waals surface area contributed by atoms with E-state index in [1.54, 1.807) is 0 Å². The summed E-state index contributed by atoms with van der Waals surface area (Å²) in [5.41, 5.74) is -2.55. The Bertz CT molecular complexity index is 843. The highest BCUT2D eigenvalue weighted by Gasteiger charge is 2.66. The van der Waals surface area contributed by atoms with E-state index in [4.69, 9.17) is 5.26 Å². The lowest BCUT2D eigenvalue weighted by Crippen LogP contribution is -2.25. The van der Waals surface area contributed by atoms with E-state index >= 15 is 0 Å². The Morgan fingerprint density at radius 3 is 2.20 bits per heavy atom. The SMILES string of the molecule is N#CC(C(=O)c1ccc(S(F)(F)(F)(F)F)cc1[N+](=O)[O-])C(=O)C1CC1. The summed E-state index contributed by atoms with van der Waals surface area (Å²) in [6, 6.07) is 0.933. The molecular formula is C13H9F5N2O4S. The van der Waals surface area contributed by atoms with Crippen LogP contribution in [0.4, 0.5) is 25.1 Å². The number of nitrogens with zero attached hydrogens (tertiary/aromatic N) is 2. The highest BCUT2D eigenvalue weighted by atomic mass is 32.5. The second-order valence-corrected chi connectivity index (χ2v) is 7.92. The number of nitriles is 1. The van der Waals surface area contributed by atoms with Crippen molar-refractivity contribution in [2.45, 2.75) is 17.7 Å². The lowest BCUT2D eigenvalue weighted by molar-refractivity contribution is -0.385. The standard InChI is InChI=1S/C13H9F5N2O4S/c14-25(15,16,17,18)8-3-4-9(11(5-8)20(23)24)13(22)10(6-19)12(21)7-1-2-7/h3-5,7,10H,1-2H2. The van der Waals surface area contributed by atoms with Gasteiger partial charge in [0.25, 0.3) is 5.69 Å². The van der Waals surface area contributed by atoms with Crippen LogP contribution in [-0.2, 0) is 4.79 Å². The lowest BCUT2D eigenvalue weighted by Gasteiger charge is -2.40. The molecule has 0 aliphatic heterocycles. The summed E-state index contributed by atoms with van der Waals surface area (Å²) in [6.45, 7) is 0. The fourth-order valence-corrected chi connectivity index (χ4v) is 2.78. The zero-order chi connectivity index (χ0) is 19.3. The number of halogens is 5. The Morgan fingerprint density at radius 1 is 1.24 bits per heavy atom. The van der Waals surface area contributed by atoms with Crippen LogP contribution < -0.4 is 0 Å². The van der Waals surface area contributed by atoms with Gasteiger partial charge in [0.1, 0.15) is 4.90 Å². The van der Waals surface area contributed by atoms with Crippen molar-refractivity contribution < 1.29 is 33.9 Å². The minimum absolute atomic E-state index is 0.169. The zero-order valence-corrected chi connectivity index (χ0v) is 12.9. The number of ketones is 2. The first kappa shape index (κ1) is 18.8. The first-order valence-corrected chi connectivity index (χ1v) is 8.61. The van der Waals surface area contributed by atoms with Crippen molar-refractivity contribution >= 4 is 27.5 Å². The molecule has 1 fully saturated rings. The number of Topliss-reactive ketones (excluding diaryl/α,β-unsaturated/α-hetero) is 2. The van der Waals surface area contributed by atoms with Gasteiger partial charge in [-0.2, -0.15) is 5.26 Å². The van der Waals surface area contributed by atoms with Crippen molar-refractivity contribution in [3.8, 4) is 6.07 Å². The molecule has 0 amide bonds. The molecule has 136 valence electrons. The number of rotatable bonds is 6. The third-order valence-electron chi connectivity index (χ3n) is 3.53. The molecule has 0 heterocycles. The monoisotopic (exact) mass is 384 g/mol. The van der Waals surface area contributed by atoms with E-state index in [1.165, 1.54) is 6.07 Å². The van der Waals surface area contributed by atoms with Crippen molar-refractivity contribution in [3.05, 3.63) is 33.9 Å². The molecule has 1 saturated carbocycles. The summed E-state index contributed by atoms with van der Waals surface area (Å²) in [5.74, 6) is -4.67. The summed E-state index contributed by atoms with van der Waals surface area (Å²) in [7, 11) is -10.2. The van der Waals surface area contributed by atoms with Crippen LogP contribution in [0.3, 0.4) is 0 Å². The van der Waals surface area contributed by atoms with Crippen LogP contribution in [0.5, 0.6) is 0 Å². The summed E-state index contributed by atoms with van der Waals surface area (Å²) >= 11 is 0. The second-order valence-electron chi connectivity index (χ2n) is 5.51. The second kappa shape index (κ2) is 4.98. The minimum Gasteiger partial charge on any atom is -0.297 e. The fourth-order valence-electron chi connectivity index (χ4n) is 2.12. The molecule has 0 spiro atoms. The molecule has 1 aromatic rings. The van der Waals surface area contributed by atoms with Crippen LogP contribution in [-0.4, -0.2) is 16.5 Å². The van der Waals surface area contributed by atoms with Gasteiger partial charge in [0.2, 0.25) is 0 Å². The molecule has 0 radical (unpaired) electrons. The molecule has 25 heavy (non-hydrogen) atoms. The van der Waals surface area contributed by atoms with E-state index in [-0.39, 0.29) is 12.1 Å². The average molecular weight is 384 g/mol. The fraction of sp³-hybridized carbons (Fsp3) is 0.308. The van der Waals surface area contributed by atoms with E-state index in [0.717, 1.165) is 0 Å². The maximum atomic E-state index is 12.8. The van der Waals surface area contributed by atoms with Crippen LogP contribution in [0.25, 0.3) is 0 Å². The first-order valence-electron chi connectivity index (χ1n) is 6.66. The molecule has 0 N–H and O–H groups in total. The maximum absolute atomic E-state index is 12.8. The van der Waals surface area contributed by atoms with Gasteiger partial charge in [-0.3, -0.25) is 19.7 Å². The zero-order valence-electron chi connectivity index (χ0n) is 12.1. The first-order chi connectivity index (χ1) is 11.2. The van der Waals surface area contributed by atoms with Crippen LogP contribution >= 0.6 is 10.2 Å². The van der Waals surface area contributed by atoms with Crippen molar-refractivity contribution in [1.29, 1.82) is 5.26 Å². The molecule has 1 aromatic carbocycles. The predicted molar refractivity (Wildman–Crippen MR) is 75.7 cm³/mol. The molecule has 0 saturated heterocycles. The van der Waals surface area contributed by atoms with Gasteiger partial charge < -0.3 is 0 Å². The van der Waals surface area contributed by atoms with Crippen molar-refractivity contribution in [1.82, 2.24) is 0 Å². The highest BCUT2D eigenvalue weighted by molar-refractivity contribution is 8.45. The van der Waals surface area contributed by atoms with Gasteiger partial charge in [-0.25, -0.2) is 0 Å². The Hall–Kier alpha value is -2.55. The molecule has 2 rings (SSSR count). The van der Waals surface area contributed by atoms with E-state index in [9.17, 15) is 39.1 Å². The van der Waals surface area contributed by atoms with E-state index in [1.807, 2.05) is 0 Å². The number of carbonyl (C=O) groups excluding carboxylic acids is 2.